The first-order chi connectivity index (χ1) is 11.8. The van der Waals surface area contributed by atoms with Crippen molar-refractivity contribution in [3.8, 4) is 0 Å². The third kappa shape index (κ3) is 12.8. The van der Waals surface area contributed by atoms with Crippen LogP contribution in [0.2, 0.25) is 0 Å². The molecule has 0 spiro atoms. The van der Waals surface area contributed by atoms with Gasteiger partial charge in [0.05, 0.1) is 0 Å². The van der Waals surface area contributed by atoms with Crippen LogP contribution in [0.15, 0.2) is 30.3 Å². The van der Waals surface area contributed by atoms with Crippen molar-refractivity contribution in [3.63, 3.8) is 0 Å². The number of hydrogen-bond donors (Lipinski definition) is 1. The molecule has 0 radical (unpaired) electrons. The van der Waals surface area contributed by atoms with Gasteiger partial charge in [-0.1, -0.05) is 119 Å². The molecule has 0 unspecified atom stereocenters. The molecule has 0 saturated heterocycles. The molecule has 136 valence electrons. The van der Waals surface area contributed by atoms with Gasteiger partial charge in [0, 0.05) is 12.3 Å². The Kier molecular flexibility index (Phi) is 14.3. The monoisotopic (exact) mass is 365 g/mol. The lowest BCUT2D eigenvalue weighted by Gasteiger charge is -2.07. The summed E-state index contributed by atoms with van der Waals surface area (Å²) in [4.78, 5) is 0. The summed E-state index contributed by atoms with van der Waals surface area (Å²) in [6.45, 7) is 3.22. The minimum atomic E-state index is 0.938. The van der Waals surface area contributed by atoms with Crippen molar-refractivity contribution in [1.82, 2.24) is 5.32 Å². The maximum Gasteiger partial charge on any atom is 0.133 e. The lowest BCUT2D eigenvalue weighted by atomic mass is 10.1. The van der Waals surface area contributed by atoms with Crippen molar-refractivity contribution >= 4 is 28.3 Å². The number of benzene rings is 1. The van der Waals surface area contributed by atoms with E-state index in [1.807, 2.05) is 11.8 Å². The zero-order valence-corrected chi connectivity index (χ0v) is 17.0. The predicted octanol–water partition coefficient (Wildman–Crippen LogP) is 6.76. The van der Waals surface area contributed by atoms with Gasteiger partial charge in [-0.25, -0.2) is 0 Å². The van der Waals surface area contributed by atoms with E-state index in [0.29, 0.717) is 0 Å². The topological polar surface area (TPSA) is 12.0 Å². The summed E-state index contributed by atoms with van der Waals surface area (Å²) >= 11 is 7.20. The van der Waals surface area contributed by atoms with Crippen LogP contribution in [0.1, 0.15) is 76.7 Å². The molecular formula is C21H35NS2. The molecule has 24 heavy (non-hydrogen) atoms. The highest BCUT2D eigenvalue weighted by molar-refractivity contribution is 8.22. The van der Waals surface area contributed by atoms with Crippen molar-refractivity contribution < 1.29 is 0 Å². The molecule has 0 heterocycles. The molecule has 0 aromatic heterocycles. The van der Waals surface area contributed by atoms with Crippen LogP contribution in [0, 0.1) is 0 Å². The summed E-state index contributed by atoms with van der Waals surface area (Å²) in [5, 5.41) is 3.36. The van der Waals surface area contributed by atoms with Crippen LogP contribution < -0.4 is 5.32 Å². The highest BCUT2D eigenvalue weighted by atomic mass is 32.2. The average Bonchev–Trinajstić information content (AvgIpc) is 2.60. The van der Waals surface area contributed by atoms with Gasteiger partial charge in [0.2, 0.25) is 0 Å². The second-order valence-corrected chi connectivity index (χ2v) is 8.25. The molecule has 0 atom stereocenters. The standard InChI is InChI=1S/C21H35NS2/c1-2-3-4-5-6-7-8-9-10-14-19-24-21(23)22-18-17-20-15-12-11-13-16-20/h11-13,15-16H,2-10,14,17-19H2,1H3,(H,22,23). The molecule has 1 aromatic carbocycles. The largest absolute Gasteiger partial charge is 0.371 e. The van der Waals surface area contributed by atoms with Crippen LogP contribution in [-0.2, 0) is 6.42 Å². The lowest BCUT2D eigenvalue weighted by molar-refractivity contribution is 0.563. The van der Waals surface area contributed by atoms with E-state index in [0.717, 1.165) is 23.0 Å². The van der Waals surface area contributed by atoms with E-state index in [-0.39, 0.29) is 0 Å². The van der Waals surface area contributed by atoms with Gasteiger partial charge < -0.3 is 5.32 Å². The number of hydrogen-bond acceptors (Lipinski definition) is 2. The minimum absolute atomic E-state index is 0.938. The second-order valence-electron chi connectivity index (χ2n) is 6.48. The van der Waals surface area contributed by atoms with Gasteiger partial charge in [0.25, 0.3) is 0 Å². The van der Waals surface area contributed by atoms with Gasteiger partial charge in [-0.2, -0.15) is 0 Å². The smallest absolute Gasteiger partial charge is 0.133 e. The zero-order valence-electron chi connectivity index (χ0n) is 15.4. The summed E-state index contributed by atoms with van der Waals surface area (Å²) in [5.74, 6) is 1.16. The molecular weight excluding hydrogens is 330 g/mol. The maximum absolute atomic E-state index is 5.39. The Morgan fingerprint density at radius 3 is 2.08 bits per heavy atom. The van der Waals surface area contributed by atoms with Gasteiger partial charge in [0.15, 0.2) is 0 Å². The summed E-state index contributed by atoms with van der Waals surface area (Å²) in [6, 6.07) is 10.6. The van der Waals surface area contributed by atoms with E-state index in [1.54, 1.807) is 0 Å². The number of thioether (sulfide) groups is 1. The van der Waals surface area contributed by atoms with E-state index >= 15 is 0 Å². The van der Waals surface area contributed by atoms with Gasteiger partial charge in [0.1, 0.15) is 4.32 Å². The van der Waals surface area contributed by atoms with Crippen LogP contribution in [-0.4, -0.2) is 16.6 Å². The SMILES string of the molecule is CCCCCCCCCCCCSC(=S)NCCc1ccccc1. The van der Waals surface area contributed by atoms with Crippen LogP contribution in [0.3, 0.4) is 0 Å². The molecule has 1 rings (SSSR count). The quantitative estimate of drug-likeness (QED) is 0.289. The molecule has 0 aliphatic heterocycles. The molecule has 0 aliphatic rings. The summed E-state index contributed by atoms with van der Waals surface area (Å²) < 4.78 is 0.960. The fourth-order valence-corrected chi connectivity index (χ4v) is 3.85. The Hall–Kier alpha value is -0.540. The summed E-state index contributed by atoms with van der Waals surface area (Å²) in [6.07, 6.45) is 15.0. The normalized spacial score (nSPS) is 10.7. The van der Waals surface area contributed by atoms with Gasteiger partial charge >= 0.3 is 0 Å². The molecule has 3 heteroatoms. The molecule has 0 saturated carbocycles. The number of unbranched alkanes of at least 4 members (excludes halogenated alkanes) is 9. The highest BCUT2D eigenvalue weighted by Gasteiger charge is 1.98. The summed E-state index contributed by atoms with van der Waals surface area (Å²) in [5.41, 5.74) is 1.37. The first-order valence-corrected chi connectivity index (χ1v) is 11.2. The fraction of sp³-hybridized carbons (Fsp3) is 0.667. The Bertz CT molecular complexity index is 406. The van der Waals surface area contributed by atoms with Crippen molar-refractivity contribution in [3.05, 3.63) is 35.9 Å². The molecule has 0 bridgehead atoms. The van der Waals surface area contributed by atoms with E-state index in [1.165, 1.54) is 69.8 Å². The van der Waals surface area contributed by atoms with Crippen LogP contribution in [0.5, 0.6) is 0 Å². The third-order valence-electron chi connectivity index (χ3n) is 4.26. The molecule has 1 aromatic rings. The predicted molar refractivity (Wildman–Crippen MR) is 115 cm³/mol. The molecule has 0 fully saturated rings. The Balaban J connectivity index is 1.82. The second kappa shape index (κ2) is 16.0. The fourth-order valence-electron chi connectivity index (χ4n) is 2.76. The lowest BCUT2D eigenvalue weighted by Crippen LogP contribution is -2.21. The maximum atomic E-state index is 5.39. The number of thiocarbonyl (C=S) groups is 1. The Morgan fingerprint density at radius 1 is 0.875 bits per heavy atom. The Morgan fingerprint density at radius 2 is 1.46 bits per heavy atom. The van der Waals surface area contributed by atoms with Crippen molar-refractivity contribution in [2.45, 2.75) is 77.6 Å². The van der Waals surface area contributed by atoms with Gasteiger partial charge in [-0.3, -0.25) is 0 Å². The molecule has 0 amide bonds. The Labute approximate surface area is 159 Å². The van der Waals surface area contributed by atoms with Crippen molar-refractivity contribution in [2.75, 3.05) is 12.3 Å². The van der Waals surface area contributed by atoms with E-state index in [4.69, 9.17) is 12.2 Å². The van der Waals surface area contributed by atoms with E-state index < -0.39 is 0 Å². The molecule has 1 nitrogen and oxygen atoms in total. The first kappa shape index (κ1) is 21.5. The van der Waals surface area contributed by atoms with E-state index in [2.05, 4.69) is 42.6 Å². The highest BCUT2D eigenvalue weighted by Crippen LogP contribution is 2.12. The van der Waals surface area contributed by atoms with Gasteiger partial charge in [-0.15, -0.1) is 0 Å². The first-order valence-electron chi connectivity index (χ1n) is 9.77. The number of rotatable bonds is 14. The van der Waals surface area contributed by atoms with E-state index in [9.17, 15) is 0 Å². The molecule has 0 aliphatic carbocycles. The van der Waals surface area contributed by atoms with Crippen LogP contribution in [0.25, 0.3) is 0 Å². The minimum Gasteiger partial charge on any atom is -0.371 e. The van der Waals surface area contributed by atoms with Crippen molar-refractivity contribution in [2.24, 2.45) is 0 Å². The van der Waals surface area contributed by atoms with Gasteiger partial charge in [-0.05, 0) is 18.4 Å². The zero-order chi connectivity index (χ0) is 17.3. The third-order valence-corrected chi connectivity index (χ3v) is 5.65. The summed E-state index contributed by atoms with van der Waals surface area (Å²) in [7, 11) is 0. The van der Waals surface area contributed by atoms with Crippen molar-refractivity contribution in [1.29, 1.82) is 0 Å². The number of nitrogens with one attached hydrogen (secondary N) is 1. The molecule has 1 N–H and O–H groups in total. The average molecular weight is 366 g/mol. The van der Waals surface area contributed by atoms with Crippen LogP contribution in [0.4, 0.5) is 0 Å². The van der Waals surface area contributed by atoms with Crippen LogP contribution >= 0.6 is 24.0 Å².